The molecule has 0 fully saturated rings. The molecule has 1 aromatic rings. The van der Waals surface area contributed by atoms with Crippen LogP contribution in [0.1, 0.15) is 17.7 Å². The van der Waals surface area contributed by atoms with Gasteiger partial charge in [0.05, 0.1) is 17.7 Å². The summed E-state index contributed by atoms with van der Waals surface area (Å²) in [5.41, 5.74) is 0.0490. The summed E-state index contributed by atoms with van der Waals surface area (Å²) in [5, 5.41) is 8.52. The first kappa shape index (κ1) is 12.8. The van der Waals surface area contributed by atoms with Gasteiger partial charge in [0.1, 0.15) is 3.70 Å². The van der Waals surface area contributed by atoms with Gasteiger partial charge < -0.3 is 5.11 Å². The smallest absolute Gasteiger partial charge is 0.309 e. The fraction of sp³-hybridized carbons (Fsp3) is 0.250. The number of carboxylic acid groups (broad SMARTS) is 1. The SMILES string of the molecule is O=C(O)Cc1cc(Br)c(C(F)F)c(I)n1. The number of carboxylic acids is 1. The molecule has 1 rings (SSSR count). The van der Waals surface area contributed by atoms with Crippen LogP contribution < -0.4 is 0 Å². The van der Waals surface area contributed by atoms with E-state index in [9.17, 15) is 13.6 Å². The van der Waals surface area contributed by atoms with E-state index in [1.807, 2.05) is 0 Å². The van der Waals surface area contributed by atoms with Crippen molar-refractivity contribution in [1.29, 1.82) is 0 Å². The van der Waals surface area contributed by atoms with Crippen LogP contribution >= 0.6 is 38.5 Å². The highest BCUT2D eigenvalue weighted by Crippen LogP contribution is 2.31. The Balaban J connectivity index is 3.13. The predicted molar refractivity (Wildman–Crippen MR) is 61.0 cm³/mol. The quantitative estimate of drug-likeness (QED) is 0.636. The molecule has 3 nitrogen and oxygen atoms in total. The summed E-state index contributed by atoms with van der Waals surface area (Å²) in [7, 11) is 0. The first-order valence-electron chi connectivity index (χ1n) is 3.76. The van der Waals surface area contributed by atoms with E-state index in [0.717, 1.165) is 0 Å². The third-order valence-electron chi connectivity index (χ3n) is 1.57. The molecule has 0 saturated carbocycles. The highest BCUT2D eigenvalue weighted by molar-refractivity contribution is 14.1. The van der Waals surface area contributed by atoms with Crippen LogP contribution in [0.3, 0.4) is 0 Å². The summed E-state index contributed by atoms with van der Waals surface area (Å²) in [6.07, 6.45) is -2.91. The normalized spacial score (nSPS) is 10.7. The van der Waals surface area contributed by atoms with Crippen molar-refractivity contribution in [1.82, 2.24) is 4.98 Å². The van der Waals surface area contributed by atoms with Crippen molar-refractivity contribution in [2.75, 3.05) is 0 Å². The number of hydrogen-bond acceptors (Lipinski definition) is 2. The molecule has 0 aliphatic heterocycles. The maximum Gasteiger partial charge on any atom is 0.309 e. The molecule has 0 unspecified atom stereocenters. The van der Waals surface area contributed by atoms with Crippen LogP contribution in [-0.4, -0.2) is 16.1 Å². The molecule has 7 heteroatoms. The minimum atomic E-state index is -2.63. The molecule has 0 aliphatic carbocycles. The van der Waals surface area contributed by atoms with Gasteiger partial charge in [0.15, 0.2) is 0 Å². The van der Waals surface area contributed by atoms with E-state index in [1.165, 1.54) is 6.07 Å². The van der Waals surface area contributed by atoms with Gasteiger partial charge in [0, 0.05) is 4.47 Å². The summed E-state index contributed by atoms with van der Waals surface area (Å²) in [6.45, 7) is 0. The zero-order valence-corrected chi connectivity index (χ0v) is 10.9. The second-order valence-electron chi connectivity index (χ2n) is 2.67. The lowest BCUT2D eigenvalue weighted by molar-refractivity contribution is -0.136. The third kappa shape index (κ3) is 3.33. The van der Waals surface area contributed by atoms with Crippen LogP contribution in [0.2, 0.25) is 0 Å². The maximum absolute atomic E-state index is 12.5. The van der Waals surface area contributed by atoms with E-state index in [1.54, 1.807) is 22.6 Å². The van der Waals surface area contributed by atoms with E-state index in [2.05, 4.69) is 20.9 Å². The van der Waals surface area contributed by atoms with Crippen molar-refractivity contribution in [3.8, 4) is 0 Å². The number of pyridine rings is 1. The Kier molecular flexibility index (Phi) is 4.38. The molecule has 82 valence electrons. The Labute approximate surface area is 106 Å². The zero-order valence-electron chi connectivity index (χ0n) is 7.18. The molecule has 15 heavy (non-hydrogen) atoms. The molecule has 1 aromatic heterocycles. The van der Waals surface area contributed by atoms with E-state index in [0.29, 0.717) is 0 Å². The minimum absolute atomic E-state index is 0.119. The zero-order chi connectivity index (χ0) is 11.6. The van der Waals surface area contributed by atoms with Crippen LogP contribution in [0.25, 0.3) is 0 Å². The van der Waals surface area contributed by atoms with E-state index >= 15 is 0 Å². The summed E-state index contributed by atoms with van der Waals surface area (Å²) in [4.78, 5) is 14.2. The van der Waals surface area contributed by atoms with Crippen LogP contribution in [-0.2, 0) is 11.2 Å². The average molecular weight is 392 g/mol. The van der Waals surface area contributed by atoms with Crippen LogP contribution in [0.5, 0.6) is 0 Å². The third-order valence-corrected chi connectivity index (χ3v) is 3.04. The first-order valence-corrected chi connectivity index (χ1v) is 5.63. The number of halogens is 4. The highest BCUT2D eigenvalue weighted by Gasteiger charge is 2.18. The summed E-state index contributed by atoms with van der Waals surface area (Å²) < 4.78 is 25.3. The number of rotatable bonds is 3. The maximum atomic E-state index is 12.5. The number of alkyl halides is 2. The second kappa shape index (κ2) is 5.15. The van der Waals surface area contributed by atoms with Gasteiger partial charge in [-0.2, -0.15) is 0 Å². The van der Waals surface area contributed by atoms with Gasteiger partial charge in [-0.1, -0.05) is 15.9 Å². The van der Waals surface area contributed by atoms with Crippen LogP contribution in [0, 0.1) is 3.70 Å². The number of aliphatic carboxylic acids is 1. The van der Waals surface area contributed by atoms with Crippen molar-refractivity contribution in [2.45, 2.75) is 12.8 Å². The average Bonchev–Trinajstić information content (AvgIpc) is 1.99. The van der Waals surface area contributed by atoms with Crippen molar-refractivity contribution in [3.63, 3.8) is 0 Å². The van der Waals surface area contributed by atoms with E-state index in [-0.39, 0.29) is 25.9 Å². The second-order valence-corrected chi connectivity index (χ2v) is 4.55. The Bertz CT molecular complexity index is 377. The molecular weight excluding hydrogens is 387 g/mol. The van der Waals surface area contributed by atoms with Crippen LogP contribution in [0.4, 0.5) is 8.78 Å². The van der Waals surface area contributed by atoms with E-state index < -0.39 is 12.4 Å². The van der Waals surface area contributed by atoms with Crippen molar-refractivity contribution in [2.24, 2.45) is 0 Å². The van der Waals surface area contributed by atoms with Crippen molar-refractivity contribution < 1.29 is 18.7 Å². The van der Waals surface area contributed by atoms with E-state index in [4.69, 9.17) is 5.11 Å². The van der Waals surface area contributed by atoms with Gasteiger partial charge in [-0.25, -0.2) is 13.8 Å². The molecule has 0 aliphatic rings. The standard InChI is InChI=1S/C8H5BrF2INO2/c9-4-1-3(2-5(14)15)13-8(12)6(4)7(10)11/h1,7H,2H2,(H,14,15). The lowest BCUT2D eigenvalue weighted by atomic mass is 10.2. The first-order chi connectivity index (χ1) is 6.91. The Morgan fingerprint density at radius 3 is 2.67 bits per heavy atom. The Morgan fingerprint density at radius 1 is 1.67 bits per heavy atom. The van der Waals surface area contributed by atoms with Crippen LogP contribution in [0.15, 0.2) is 10.5 Å². The summed E-state index contributed by atoms with van der Waals surface area (Å²) >= 11 is 4.63. The van der Waals surface area contributed by atoms with Gasteiger partial charge in [-0.15, -0.1) is 0 Å². The molecule has 0 radical (unpaired) electrons. The Morgan fingerprint density at radius 2 is 2.27 bits per heavy atom. The summed E-state index contributed by atoms with van der Waals surface area (Å²) in [5.74, 6) is -1.05. The summed E-state index contributed by atoms with van der Waals surface area (Å²) in [6, 6.07) is 1.30. The molecule has 0 spiro atoms. The molecule has 0 bridgehead atoms. The monoisotopic (exact) mass is 391 g/mol. The number of carbonyl (C=O) groups is 1. The Hall–Kier alpha value is -0.310. The topological polar surface area (TPSA) is 50.2 Å². The molecule has 0 aromatic carbocycles. The number of nitrogens with zero attached hydrogens (tertiary/aromatic N) is 1. The van der Waals surface area contributed by atoms with Gasteiger partial charge in [0.2, 0.25) is 0 Å². The molecule has 0 amide bonds. The molecular formula is C8H5BrF2INO2. The number of aromatic nitrogens is 1. The van der Waals surface area contributed by atoms with Gasteiger partial charge in [-0.3, -0.25) is 4.79 Å². The minimum Gasteiger partial charge on any atom is -0.481 e. The fourth-order valence-corrected chi connectivity index (χ4v) is 2.81. The van der Waals surface area contributed by atoms with Gasteiger partial charge in [-0.05, 0) is 28.7 Å². The van der Waals surface area contributed by atoms with Crippen molar-refractivity contribution in [3.05, 3.63) is 25.5 Å². The van der Waals surface area contributed by atoms with Gasteiger partial charge >= 0.3 is 5.97 Å². The largest absolute Gasteiger partial charge is 0.481 e. The number of hydrogen-bond donors (Lipinski definition) is 1. The lowest BCUT2D eigenvalue weighted by Gasteiger charge is -2.07. The molecule has 1 heterocycles. The fourth-order valence-electron chi connectivity index (χ4n) is 0.981. The molecule has 1 N–H and O–H groups in total. The molecule has 0 saturated heterocycles. The van der Waals surface area contributed by atoms with Gasteiger partial charge in [0.25, 0.3) is 6.43 Å². The molecule has 0 atom stereocenters. The highest BCUT2D eigenvalue weighted by atomic mass is 127. The lowest BCUT2D eigenvalue weighted by Crippen LogP contribution is -2.05. The predicted octanol–water partition coefficient (Wildman–Crippen LogP) is 3.01. The van der Waals surface area contributed by atoms with Crippen molar-refractivity contribution >= 4 is 44.5 Å².